The van der Waals surface area contributed by atoms with Gasteiger partial charge in [-0.15, -0.1) is 0 Å². The number of aliphatic imine (C=N–C) groups is 1. The Morgan fingerprint density at radius 1 is 1.23 bits per heavy atom. The normalized spacial score (nSPS) is 19.0. The number of hydrogen-bond donors (Lipinski definition) is 1. The second kappa shape index (κ2) is 7.30. The molecule has 5 nitrogen and oxygen atoms in total. The lowest BCUT2D eigenvalue weighted by atomic mass is 9.93. The number of nitrogens with two attached hydrogens (primary N) is 1. The number of methoxy groups -OCH3 is 1. The summed E-state index contributed by atoms with van der Waals surface area (Å²) in [6.45, 7) is 2.27. The van der Waals surface area contributed by atoms with Gasteiger partial charge in [0, 0.05) is 23.9 Å². The molecular formula is C21H25N3O2. The van der Waals surface area contributed by atoms with Gasteiger partial charge in [0.1, 0.15) is 5.54 Å². The molecule has 5 heteroatoms. The first-order valence-corrected chi connectivity index (χ1v) is 8.73. The fraction of sp³-hybridized carbons (Fsp3) is 0.333. The molecule has 3 rings (SSSR count). The van der Waals surface area contributed by atoms with Gasteiger partial charge in [0.05, 0.1) is 25.4 Å². The average molecular weight is 351 g/mol. The predicted octanol–water partition coefficient (Wildman–Crippen LogP) is 2.62. The number of ether oxygens (including phenoxy) is 1. The fourth-order valence-electron chi connectivity index (χ4n) is 3.43. The summed E-state index contributed by atoms with van der Waals surface area (Å²) in [7, 11) is 3.39. The lowest BCUT2D eigenvalue weighted by Crippen LogP contribution is -2.51. The first kappa shape index (κ1) is 18.1. The van der Waals surface area contributed by atoms with Crippen molar-refractivity contribution in [2.24, 2.45) is 10.7 Å². The summed E-state index contributed by atoms with van der Waals surface area (Å²) in [5.74, 6) is -0.407. The molecule has 2 aromatic carbocycles. The molecule has 0 saturated heterocycles. The van der Waals surface area contributed by atoms with Crippen molar-refractivity contribution >= 4 is 17.4 Å². The average Bonchev–Trinajstić information content (AvgIpc) is 2.79. The first-order chi connectivity index (χ1) is 12.4. The summed E-state index contributed by atoms with van der Waals surface area (Å²) >= 11 is 0. The number of carbonyl (C=O) groups is 1. The van der Waals surface area contributed by atoms with Crippen molar-refractivity contribution in [3.05, 3.63) is 65.7 Å². The third kappa shape index (κ3) is 3.48. The monoisotopic (exact) mass is 351 g/mol. The third-order valence-electron chi connectivity index (χ3n) is 4.91. The number of hydrogen-bond acceptors (Lipinski definition) is 5. The van der Waals surface area contributed by atoms with E-state index in [-0.39, 0.29) is 6.04 Å². The molecule has 0 saturated carbocycles. The van der Waals surface area contributed by atoms with E-state index in [4.69, 9.17) is 15.5 Å². The summed E-state index contributed by atoms with van der Waals surface area (Å²) in [5, 5.41) is 0. The van der Waals surface area contributed by atoms with E-state index in [1.807, 2.05) is 37.4 Å². The van der Waals surface area contributed by atoms with Gasteiger partial charge in [0.15, 0.2) is 0 Å². The van der Waals surface area contributed by atoms with E-state index >= 15 is 0 Å². The Kier molecular flexibility index (Phi) is 5.09. The molecule has 0 fully saturated rings. The molecule has 0 radical (unpaired) electrons. The SMILES string of the molecule is COC(=O)[C@@](C)(N)CC1CN=C(c2ccccc2)c2ccccc2N1C. The zero-order valence-corrected chi connectivity index (χ0v) is 15.5. The van der Waals surface area contributed by atoms with E-state index in [9.17, 15) is 4.79 Å². The van der Waals surface area contributed by atoms with E-state index in [2.05, 4.69) is 29.2 Å². The van der Waals surface area contributed by atoms with E-state index in [0.717, 1.165) is 22.5 Å². The van der Waals surface area contributed by atoms with Crippen LogP contribution in [0.4, 0.5) is 5.69 Å². The van der Waals surface area contributed by atoms with Crippen LogP contribution in [-0.2, 0) is 9.53 Å². The number of likely N-dealkylation sites (N-methyl/N-ethyl adjacent to an activating group) is 1. The topological polar surface area (TPSA) is 67.9 Å². The predicted molar refractivity (Wildman–Crippen MR) is 105 cm³/mol. The number of benzodiazepines with no additional fused rings is 1. The summed E-state index contributed by atoms with van der Waals surface area (Å²) in [6.07, 6.45) is 0.454. The molecule has 1 aliphatic heterocycles. The maximum Gasteiger partial charge on any atom is 0.325 e. The Bertz CT molecular complexity index is 815. The van der Waals surface area contributed by atoms with Crippen LogP contribution in [0.1, 0.15) is 24.5 Å². The molecule has 0 amide bonds. The molecular weight excluding hydrogens is 326 g/mol. The highest BCUT2D eigenvalue weighted by Crippen LogP contribution is 2.30. The van der Waals surface area contributed by atoms with Gasteiger partial charge in [-0.1, -0.05) is 48.5 Å². The molecule has 136 valence electrons. The van der Waals surface area contributed by atoms with Crippen molar-refractivity contribution < 1.29 is 9.53 Å². The van der Waals surface area contributed by atoms with Gasteiger partial charge in [-0.25, -0.2) is 0 Å². The Morgan fingerprint density at radius 3 is 2.58 bits per heavy atom. The second-order valence-electron chi connectivity index (χ2n) is 6.95. The number of rotatable bonds is 4. The van der Waals surface area contributed by atoms with Crippen LogP contribution in [0.3, 0.4) is 0 Å². The zero-order valence-electron chi connectivity index (χ0n) is 15.5. The van der Waals surface area contributed by atoms with Gasteiger partial charge in [0.25, 0.3) is 0 Å². The van der Waals surface area contributed by atoms with Crippen LogP contribution in [0.25, 0.3) is 0 Å². The Morgan fingerprint density at radius 2 is 1.88 bits per heavy atom. The molecule has 26 heavy (non-hydrogen) atoms. The third-order valence-corrected chi connectivity index (χ3v) is 4.91. The minimum absolute atomic E-state index is 0.00791. The maximum absolute atomic E-state index is 12.0. The number of esters is 1. The molecule has 1 aliphatic rings. The van der Waals surface area contributed by atoms with Crippen LogP contribution in [0.15, 0.2) is 59.6 Å². The van der Waals surface area contributed by atoms with Crippen LogP contribution in [-0.4, -0.2) is 44.0 Å². The molecule has 2 atom stereocenters. The Hall–Kier alpha value is -2.66. The van der Waals surface area contributed by atoms with Crippen LogP contribution < -0.4 is 10.6 Å². The lowest BCUT2D eigenvalue weighted by molar-refractivity contribution is -0.146. The molecule has 2 aromatic rings. The molecule has 0 aromatic heterocycles. The molecule has 0 bridgehead atoms. The smallest absolute Gasteiger partial charge is 0.325 e. The Labute approximate surface area is 154 Å². The second-order valence-corrected chi connectivity index (χ2v) is 6.95. The van der Waals surface area contributed by atoms with E-state index in [0.29, 0.717) is 13.0 Å². The summed E-state index contributed by atoms with van der Waals surface area (Å²) < 4.78 is 4.86. The quantitative estimate of drug-likeness (QED) is 0.860. The van der Waals surface area contributed by atoms with Gasteiger partial charge in [-0.05, 0) is 19.4 Å². The van der Waals surface area contributed by atoms with Crippen molar-refractivity contribution in [2.45, 2.75) is 24.9 Å². The van der Waals surface area contributed by atoms with E-state index in [1.54, 1.807) is 6.92 Å². The number of anilines is 1. The first-order valence-electron chi connectivity index (χ1n) is 8.73. The summed E-state index contributed by atoms with van der Waals surface area (Å²) in [5.41, 5.74) is 9.38. The van der Waals surface area contributed by atoms with Crippen LogP contribution in [0.2, 0.25) is 0 Å². The van der Waals surface area contributed by atoms with Crippen molar-refractivity contribution in [1.82, 2.24) is 0 Å². The highest BCUT2D eigenvalue weighted by Gasteiger charge is 2.35. The van der Waals surface area contributed by atoms with E-state index in [1.165, 1.54) is 7.11 Å². The van der Waals surface area contributed by atoms with Gasteiger partial charge in [-0.2, -0.15) is 0 Å². The van der Waals surface area contributed by atoms with E-state index < -0.39 is 11.5 Å². The minimum atomic E-state index is -1.06. The number of fused-ring (bicyclic) bond motifs is 1. The number of carbonyl (C=O) groups excluding carboxylic acids is 1. The van der Waals surface area contributed by atoms with Crippen molar-refractivity contribution in [1.29, 1.82) is 0 Å². The summed E-state index contributed by atoms with van der Waals surface area (Å²) in [6, 6.07) is 18.4. The van der Waals surface area contributed by atoms with Crippen LogP contribution in [0.5, 0.6) is 0 Å². The largest absolute Gasteiger partial charge is 0.468 e. The molecule has 0 aliphatic carbocycles. The molecule has 0 spiro atoms. The van der Waals surface area contributed by atoms with Crippen molar-refractivity contribution in [2.75, 3.05) is 25.6 Å². The van der Waals surface area contributed by atoms with Crippen molar-refractivity contribution in [3.8, 4) is 0 Å². The van der Waals surface area contributed by atoms with Gasteiger partial charge < -0.3 is 15.4 Å². The highest BCUT2D eigenvalue weighted by atomic mass is 16.5. The van der Waals surface area contributed by atoms with Crippen molar-refractivity contribution in [3.63, 3.8) is 0 Å². The minimum Gasteiger partial charge on any atom is -0.468 e. The molecule has 1 unspecified atom stereocenters. The highest BCUT2D eigenvalue weighted by molar-refractivity contribution is 6.16. The van der Waals surface area contributed by atoms with Gasteiger partial charge in [0.2, 0.25) is 0 Å². The van der Waals surface area contributed by atoms with Gasteiger partial charge in [-0.3, -0.25) is 9.79 Å². The molecule has 1 heterocycles. The Balaban J connectivity index is 2.01. The lowest BCUT2D eigenvalue weighted by Gasteiger charge is -2.33. The fourth-order valence-corrected chi connectivity index (χ4v) is 3.43. The van der Waals surface area contributed by atoms with Crippen LogP contribution in [0, 0.1) is 0 Å². The number of para-hydroxylation sites is 1. The maximum atomic E-state index is 12.0. The van der Waals surface area contributed by atoms with Crippen LogP contribution >= 0.6 is 0 Å². The van der Waals surface area contributed by atoms with Gasteiger partial charge >= 0.3 is 5.97 Å². The standard InChI is InChI=1S/C21H25N3O2/c1-21(22,20(25)26-3)13-16-14-23-19(15-9-5-4-6-10-15)17-11-7-8-12-18(17)24(16)2/h4-12,16H,13-14,22H2,1-3H3/t16?,21-/m0/s1. The zero-order chi connectivity index (χ0) is 18.7. The molecule has 2 N–H and O–H groups in total. The number of benzene rings is 2. The summed E-state index contributed by atoms with van der Waals surface area (Å²) in [4.78, 5) is 19.1. The number of nitrogens with zero attached hydrogens (tertiary/aromatic N) is 2.